The molecule has 0 N–H and O–H groups in total. The highest BCUT2D eigenvalue weighted by molar-refractivity contribution is 6.00. The van der Waals surface area contributed by atoms with Crippen LogP contribution in [0.3, 0.4) is 0 Å². The summed E-state index contributed by atoms with van der Waals surface area (Å²) in [7, 11) is 0. The first kappa shape index (κ1) is 39.7. The third kappa shape index (κ3) is 5.81. The summed E-state index contributed by atoms with van der Waals surface area (Å²) in [6, 6.07) is 89.7. The van der Waals surface area contributed by atoms with E-state index >= 15 is 0 Å². The van der Waals surface area contributed by atoms with Crippen molar-refractivity contribution in [3.63, 3.8) is 0 Å². The highest BCUT2D eigenvalue weighted by atomic mass is 15.1. The summed E-state index contributed by atoms with van der Waals surface area (Å²) in [4.78, 5) is 2.47. The van der Waals surface area contributed by atoms with Gasteiger partial charge < -0.3 is 4.90 Å². The number of benzene rings is 10. The predicted molar refractivity (Wildman–Crippen MR) is 283 cm³/mol. The quantitative estimate of drug-likeness (QED) is 0.154. The molecule has 1 nitrogen and oxygen atoms in total. The third-order valence-electron chi connectivity index (χ3n) is 17.2. The second kappa shape index (κ2) is 15.5. The maximum atomic E-state index is 2.69. The Bertz CT molecular complexity index is 3450. The van der Waals surface area contributed by atoms with Crippen LogP contribution in [0.15, 0.2) is 237 Å². The Kier molecular flexibility index (Phi) is 9.07. The molecule has 4 bridgehead atoms. The molecule has 1 spiro atoms. The Balaban J connectivity index is 0.973. The largest absolute Gasteiger partial charge is 0.310 e. The summed E-state index contributed by atoms with van der Waals surface area (Å²) >= 11 is 0. The summed E-state index contributed by atoms with van der Waals surface area (Å²) in [5.41, 5.74) is 16.7. The monoisotopic (exact) mass is 871 g/mol. The van der Waals surface area contributed by atoms with Crippen molar-refractivity contribution < 1.29 is 0 Å². The van der Waals surface area contributed by atoms with Crippen LogP contribution in [0.5, 0.6) is 0 Å². The third-order valence-corrected chi connectivity index (χ3v) is 17.2. The van der Waals surface area contributed by atoms with E-state index in [2.05, 4.69) is 241 Å². The van der Waals surface area contributed by atoms with Crippen molar-refractivity contribution in [2.75, 3.05) is 4.90 Å². The summed E-state index contributed by atoms with van der Waals surface area (Å²) < 4.78 is 0. The van der Waals surface area contributed by atoms with E-state index in [1.165, 1.54) is 104 Å². The standard InChI is InChI=1S/C67H53N/c1-3-21-52(22-4-1)66(53-23-5-2-6-24-53)61-29-11-12-30-62(61)67(54-39-45-38-46(41-54)42-55(67)40-45)64-44-51(34-37-63(64)66)50-20-13-25-57(43-50)68(65-31-15-19-48-17-8-10-27-60(48)65)56-35-32-49(33-36-56)59-28-14-18-47-16-7-9-26-58(47)59/h1-37,43-46,54-55H,38-42H2. The number of hydrogen-bond acceptors (Lipinski definition) is 1. The number of rotatable bonds is 7. The molecule has 10 aromatic rings. The van der Waals surface area contributed by atoms with Crippen LogP contribution in [-0.2, 0) is 10.8 Å². The van der Waals surface area contributed by atoms with Crippen molar-refractivity contribution in [1.82, 2.24) is 0 Å². The van der Waals surface area contributed by atoms with E-state index in [1.54, 1.807) is 11.1 Å². The first-order chi connectivity index (χ1) is 33.7. The molecule has 0 aromatic heterocycles. The van der Waals surface area contributed by atoms with Crippen LogP contribution < -0.4 is 4.90 Å². The molecule has 68 heavy (non-hydrogen) atoms. The van der Waals surface area contributed by atoms with Crippen molar-refractivity contribution >= 4 is 38.6 Å². The van der Waals surface area contributed by atoms with E-state index in [-0.39, 0.29) is 5.41 Å². The molecule has 326 valence electrons. The van der Waals surface area contributed by atoms with E-state index in [1.807, 2.05) is 0 Å². The Hall–Kier alpha value is -7.48. The Labute approximate surface area is 400 Å². The van der Waals surface area contributed by atoms with Gasteiger partial charge in [-0.2, -0.15) is 0 Å². The van der Waals surface area contributed by atoms with Gasteiger partial charge >= 0.3 is 0 Å². The minimum Gasteiger partial charge on any atom is -0.310 e. The molecule has 10 aromatic carbocycles. The molecule has 0 unspecified atom stereocenters. The molecule has 0 aliphatic heterocycles. The zero-order chi connectivity index (χ0) is 44.8. The fourth-order valence-electron chi connectivity index (χ4n) is 14.7. The normalized spacial score (nSPS) is 21.7. The van der Waals surface area contributed by atoms with Gasteiger partial charge in [0.2, 0.25) is 0 Å². The highest BCUT2D eigenvalue weighted by Gasteiger charge is 2.63. The van der Waals surface area contributed by atoms with Crippen LogP contribution in [-0.4, -0.2) is 0 Å². The average Bonchev–Trinajstić information content (AvgIpc) is 3.40. The van der Waals surface area contributed by atoms with Crippen molar-refractivity contribution in [3.8, 4) is 22.3 Å². The lowest BCUT2D eigenvalue weighted by Crippen LogP contribution is -2.59. The van der Waals surface area contributed by atoms with Gasteiger partial charge in [-0.25, -0.2) is 0 Å². The van der Waals surface area contributed by atoms with E-state index in [0.717, 1.165) is 23.2 Å². The number of fused-ring (bicyclic) bond motifs is 4. The van der Waals surface area contributed by atoms with Crippen LogP contribution in [0, 0.1) is 23.7 Å². The van der Waals surface area contributed by atoms with Gasteiger partial charge in [0.05, 0.1) is 11.1 Å². The summed E-state index contributed by atoms with van der Waals surface area (Å²) in [6.45, 7) is 0. The molecule has 0 atom stereocenters. The maximum Gasteiger partial charge on any atom is 0.0707 e. The van der Waals surface area contributed by atoms with Gasteiger partial charge in [-0.05, 0) is 164 Å². The van der Waals surface area contributed by atoms with Gasteiger partial charge in [0.15, 0.2) is 0 Å². The number of anilines is 3. The maximum absolute atomic E-state index is 2.69. The van der Waals surface area contributed by atoms with Gasteiger partial charge in [-0.1, -0.05) is 200 Å². The summed E-state index contributed by atoms with van der Waals surface area (Å²) in [6.07, 6.45) is 6.78. The van der Waals surface area contributed by atoms with E-state index in [0.29, 0.717) is 11.8 Å². The predicted octanol–water partition coefficient (Wildman–Crippen LogP) is 17.2. The topological polar surface area (TPSA) is 3.24 Å². The van der Waals surface area contributed by atoms with Crippen LogP contribution in [0.2, 0.25) is 0 Å². The Morgan fingerprint density at radius 3 is 1.57 bits per heavy atom. The molecular formula is C67H53N. The summed E-state index contributed by atoms with van der Waals surface area (Å²) in [5, 5.41) is 4.99. The lowest BCUT2D eigenvalue weighted by molar-refractivity contribution is -0.0440. The molecule has 0 radical (unpaired) electrons. The fourth-order valence-corrected chi connectivity index (χ4v) is 14.7. The van der Waals surface area contributed by atoms with Gasteiger partial charge in [0.25, 0.3) is 0 Å². The molecule has 0 heterocycles. The fraction of sp³-hybridized carbons (Fsp3) is 0.164. The molecule has 15 rings (SSSR count). The highest BCUT2D eigenvalue weighted by Crippen LogP contribution is 2.70. The molecular weight excluding hydrogens is 819 g/mol. The van der Waals surface area contributed by atoms with Crippen molar-refractivity contribution in [1.29, 1.82) is 0 Å². The average molecular weight is 872 g/mol. The van der Waals surface area contributed by atoms with Gasteiger partial charge in [0.1, 0.15) is 0 Å². The SMILES string of the molecule is c1ccc(C2(c3ccccc3)c3ccccc3C3(c4cc(-c5cccc(N(c6ccc(-c7cccc8ccccc78)cc6)c6cccc7ccccc67)c5)ccc42)C2CC4CC(C2)CC3C4)cc1. The molecule has 5 aliphatic rings. The first-order valence-corrected chi connectivity index (χ1v) is 25.0. The molecule has 4 fully saturated rings. The smallest absolute Gasteiger partial charge is 0.0707 e. The summed E-state index contributed by atoms with van der Waals surface area (Å²) in [5.74, 6) is 2.97. The lowest BCUT2D eigenvalue weighted by Gasteiger charge is -2.65. The number of nitrogens with zero attached hydrogens (tertiary/aromatic N) is 1. The zero-order valence-electron chi connectivity index (χ0n) is 38.3. The molecule has 5 aliphatic carbocycles. The van der Waals surface area contributed by atoms with E-state index < -0.39 is 5.41 Å². The minimum atomic E-state index is -0.460. The number of hydrogen-bond donors (Lipinski definition) is 0. The van der Waals surface area contributed by atoms with Crippen LogP contribution in [0.25, 0.3) is 43.8 Å². The first-order valence-electron chi connectivity index (χ1n) is 25.0. The van der Waals surface area contributed by atoms with Gasteiger partial charge in [-0.15, -0.1) is 0 Å². The second-order valence-corrected chi connectivity index (χ2v) is 20.4. The van der Waals surface area contributed by atoms with E-state index in [4.69, 9.17) is 0 Å². The lowest BCUT2D eigenvalue weighted by atomic mass is 9.38. The zero-order valence-corrected chi connectivity index (χ0v) is 38.3. The van der Waals surface area contributed by atoms with Crippen LogP contribution >= 0.6 is 0 Å². The molecule has 1 heteroatoms. The Morgan fingerprint density at radius 1 is 0.338 bits per heavy atom. The van der Waals surface area contributed by atoms with Gasteiger partial charge in [0, 0.05) is 22.2 Å². The van der Waals surface area contributed by atoms with Crippen molar-refractivity contribution in [2.24, 2.45) is 23.7 Å². The second-order valence-electron chi connectivity index (χ2n) is 20.4. The van der Waals surface area contributed by atoms with Crippen LogP contribution in [0.1, 0.15) is 65.5 Å². The molecule has 4 saturated carbocycles. The van der Waals surface area contributed by atoms with Crippen molar-refractivity contribution in [3.05, 3.63) is 270 Å². The van der Waals surface area contributed by atoms with Crippen molar-refractivity contribution in [2.45, 2.75) is 42.9 Å². The molecule has 0 saturated heterocycles. The van der Waals surface area contributed by atoms with Crippen LogP contribution in [0.4, 0.5) is 17.1 Å². The minimum absolute atomic E-state index is 0.0408. The Morgan fingerprint density at radius 2 is 0.868 bits per heavy atom. The van der Waals surface area contributed by atoms with E-state index in [9.17, 15) is 0 Å². The van der Waals surface area contributed by atoms with Gasteiger partial charge in [-0.3, -0.25) is 0 Å². The molecule has 0 amide bonds.